The van der Waals surface area contributed by atoms with E-state index in [0.717, 1.165) is 0 Å². The Balaban J connectivity index is 2.17. The Bertz CT molecular complexity index is 746. The number of ether oxygens (including phenoxy) is 1. The topological polar surface area (TPSA) is 125 Å². The maximum atomic E-state index is 11.7. The van der Waals surface area contributed by atoms with E-state index >= 15 is 0 Å². The van der Waals surface area contributed by atoms with Crippen LogP contribution in [0.25, 0.3) is 11.3 Å². The second-order valence-corrected chi connectivity index (χ2v) is 5.83. The van der Waals surface area contributed by atoms with Crippen LogP contribution in [0.2, 0.25) is 0 Å². The van der Waals surface area contributed by atoms with Gasteiger partial charge in [-0.3, -0.25) is 10.4 Å². The van der Waals surface area contributed by atoms with E-state index in [4.69, 9.17) is 9.84 Å². The SMILES string of the molecule is CC(C)(C)OC(=O)Nc1ccc(-c2cc(C(=O)O)[nH]n2)c(O)c1. The van der Waals surface area contributed by atoms with E-state index in [9.17, 15) is 14.7 Å². The van der Waals surface area contributed by atoms with Gasteiger partial charge in [-0.2, -0.15) is 5.10 Å². The Morgan fingerprint density at radius 2 is 1.96 bits per heavy atom. The van der Waals surface area contributed by atoms with Gasteiger partial charge in [0.2, 0.25) is 0 Å². The van der Waals surface area contributed by atoms with Gasteiger partial charge in [0, 0.05) is 17.3 Å². The van der Waals surface area contributed by atoms with Crippen LogP contribution in [0.5, 0.6) is 5.75 Å². The van der Waals surface area contributed by atoms with Gasteiger partial charge in [0.25, 0.3) is 0 Å². The quantitative estimate of drug-likeness (QED) is 0.689. The molecule has 0 aliphatic rings. The van der Waals surface area contributed by atoms with E-state index in [0.29, 0.717) is 11.3 Å². The summed E-state index contributed by atoms with van der Waals surface area (Å²) < 4.78 is 5.11. The van der Waals surface area contributed by atoms with Gasteiger partial charge in [0.1, 0.15) is 17.0 Å². The normalized spacial score (nSPS) is 11.1. The van der Waals surface area contributed by atoms with Crippen LogP contribution in [0.1, 0.15) is 31.3 Å². The van der Waals surface area contributed by atoms with E-state index < -0.39 is 17.7 Å². The van der Waals surface area contributed by atoms with Crippen molar-refractivity contribution in [3.05, 3.63) is 30.0 Å². The number of benzene rings is 1. The second-order valence-electron chi connectivity index (χ2n) is 5.83. The maximum absolute atomic E-state index is 11.7. The van der Waals surface area contributed by atoms with E-state index in [1.165, 1.54) is 18.2 Å². The van der Waals surface area contributed by atoms with Crippen molar-refractivity contribution < 1.29 is 24.5 Å². The van der Waals surface area contributed by atoms with Crippen molar-refractivity contribution in [3.8, 4) is 17.0 Å². The van der Waals surface area contributed by atoms with Crippen molar-refractivity contribution in [1.29, 1.82) is 0 Å². The first-order valence-electron chi connectivity index (χ1n) is 6.78. The van der Waals surface area contributed by atoms with Crippen molar-refractivity contribution in [1.82, 2.24) is 10.2 Å². The number of rotatable bonds is 3. The first-order valence-corrected chi connectivity index (χ1v) is 6.78. The lowest BCUT2D eigenvalue weighted by atomic mass is 10.1. The van der Waals surface area contributed by atoms with Gasteiger partial charge in [-0.1, -0.05) is 0 Å². The molecule has 2 rings (SSSR count). The van der Waals surface area contributed by atoms with Gasteiger partial charge in [0.15, 0.2) is 0 Å². The molecule has 0 spiro atoms. The maximum Gasteiger partial charge on any atom is 0.412 e. The molecule has 8 heteroatoms. The van der Waals surface area contributed by atoms with Gasteiger partial charge in [-0.05, 0) is 39.0 Å². The number of aromatic nitrogens is 2. The predicted octanol–water partition coefficient (Wildman–Crippen LogP) is 2.83. The van der Waals surface area contributed by atoms with Crippen LogP contribution >= 0.6 is 0 Å². The molecule has 122 valence electrons. The van der Waals surface area contributed by atoms with Crippen LogP contribution in [-0.4, -0.2) is 38.1 Å². The van der Waals surface area contributed by atoms with Gasteiger partial charge >= 0.3 is 12.1 Å². The molecule has 1 heterocycles. The summed E-state index contributed by atoms with van der Waals surface area (Å²) in [4.78, 5) is 22.5. The van der Waals surface area contributed by atoms with Crippen molar-refractivity contribution >= 4 is 17.7 Å². The minimum absolute atomic E-state index is 0.0876. The molecule has 1 aromatic heterocycles. The third-order valence-electron chi connectivity index (χ3n) is 2.73. The smallest absolute Gasteiger partial charge is 0.412 e. The number of aromatic amines is 1. The number of phenolic OH excluding ortho intramolecular Hbond substituents is 1. The van der Waals surface area contributed by atoms with Crippen LogP contribution in [0.4, 0.5) is 10.5 Å². The van der Waals surface area contributed by atoms with Gasteiger partial charge < -0.3 is 14.9 Å². The van der Waals surface area contributed by atoms with Crippen molar-refractivity contribution in [2.45, 2.75) is 26.4 Å². The lowest BCUT2D eigenvalue weighted by Gasteiger charge is -2.19. The van der Waals surface area contributed by atoms with Crippen LogP contribution in [-0.2, 0) is 4.74 Å². The van der Waals surface area contributed by atoms with Crippen molar-refractivity contribution in [2.75, 3.05) is 5.32 Å². The molecular formula is C15H17N3O5. The van der Waals surface area contributed by atoms with Gasteiger partial charge in [-0.15, -0.1) is 0 Å². The fourth-order valence-corrected chi connectivity index (χ4v) is 1.82. The largest absolute Gasteiger partial charge is 0.507 e. The molecule has 2 aromatic rings. The Morgan fingerprint density at radius 1 is 1.26 bits per heavy atom. The van der Waals surface area contributed by atoms with E-state index in [-0.39, 0.29) is 17.1 Å². The van der Waals surface area contributed by atoms with E-state index in [2.05, 4.69) is 15.5 Å². The first kappa shape index (κ1) is 16.3. The zero-order chi connectivity index (χ0) is 17.2. The molecular weight excluding hydrogens is 302 g/mol. The minimum Gasteiger partial charge on any atom is -0.507 e. The number of amides is 1. The molecule has 1 aromatic carbocycles. The number of H-pyrrole nitrogens is 1. The zero-order valence-electron chi connectivity index (χ0n) is 12.9. The number of anilines is 1. The number of hydrogen-bond donors (Lipinski definition) is 4. The summed E-state index contributed by atoms with van der Waals surface area (Å²) in [7, 11) is 0. The highest BCUT2D eigenvalue weighted by Crippen LogP contribution is 2.30. The van der Waals surface area contributed by atoms with Crippen LogP contribution < -0.4 is 5.32 Å². The number of phenols is 1. The summed E-state index contributed by atoms with van der Waals surface area (Å²) in [5.74, 6) is -1.30. The molecule has 0 saturated heterocycles. The Morgan fingerprint density at radius 3 is 2.48 bits per heavy atom. The number of aromatic carboxylic acids is 1. The molecule has 8 nitrogen and oxygen atoms in total. The molecule has 23 heavy (non-hydrogen) atoms. The first-order chi connectivity index (χ1) is 10.7. The van der Waals surface area contributed by atoms with Gasteiger partial charge in [-0.25, -0.2) is 9.59 Å². The van der Waals surface area contributed by atoms with Crippen LogP contribution in [0.3, 0.4) is 0 Å². The fraction of sp³-hybridized carbons (Fsp3) is 0.267. The number of carbonyl (C=O) groups is 2. The lowest BCUT2D eigenvalue weighted by molar-refractivity contribution is 0.0634. The highest BCUT2D eigenvalue weighted by molar-refractivity contribution is 5.88. The number of nitrogens with one attached hydrogen (secondary N) is 2. The van der Waals surface area contributed by atoms with E-state index in [1.54, 1.807) is 26.8 Å². The summed E-state index contributed by atoms with van der Waals surface area (Å²) in [6.45, 7) is 5.22. The van der Waals surface area contributed by atoms with Crippen molar-refractivity contribution in [3.63, 3.8) is 0 Å². The molecule has 4 N–H and O–H groups in total. The second kappa shape index (κ2) is 5.99. The molecule has 1 amide bonds. The molecule has 0 radical (unpaired) electrons. The highest BCUT2D eigenvalue weighted by Gasteiger charge is 2.17. The average Bonchev–Trinajstić information content (AvgIpc) is 2.85. The highest BCUT2D eigenvalue weighted by atomic mass is 16.6. The Kier molecular flexibility index (Phi) is 4.26. The van der Waals surface area contributed by atoms with Crippen LogP contribution in [0.15, 0.2) is 24.3 Å². The van der Waals surface area contributed by atoms with Gasteiger partial charge in [0.05, 0.1) is 5.69 Å². The molecule has 0 aliphatic heterocycles. The molecule has 0 aliphatic carbocycles. The summed E-state index contributed by atoms with van der Waals surface area (Å²) in [6.07, 6.45) is -0.641. The zero-order valence-corrected chi connectivity index (χ0v) is 12.9. The summed E-state index contributed by atoms with van der Waals surface area (Å²) in [6, 6.07) is 5.70. The molecule has 0 unspecified atom stereocenters. The Hall–Kier alpha value is -3.03. The molecule has 0 saturated carbocycles. The summed E-state index contributed by atoms with van der Waals surface area (Å²) in [5, 5.41) is 27.6. The standard InChI is InChI=1S/C15H17N3O5/c1-15(2,3)23-14(22)16-8-4-5-9(12(19)6-8)10-7-11(13(20)21)18-17-10/h4-7,19H,1-3H3,(H,16,22)(H,17,18)(H,20,21). The number of nitrogens with zero attached hydrogens (tertiary/aromatic N) is 1. The molecule has 0 atom stereocenters. The molecule has 0 bridgehead atoms. The lowest BCUT2D eigenvalue weighted by Crippen LogP contribution is -2.27. The van der Waals surface area contributed by atoms with E-state index in [1.807, 2.05) is 0 Å². The number of carboxylic acids is 1. The van der Waals surface area contributed by atoms with Crippen LogP contribution in [0, 0.1) is 0 Å². The third-order valence-corrected chi connectivity index (χ3v) is 2.73. The number of aromatic hydroxyl groups is 1. The molecule has 0 fully saturated rings. The van der Waals surface area contributed by atoms with Crippen molar-refractivity contribution in [2.24, 2.45) is 0 Å². The minimum atomic E-state index is -1.15. The number of carbonyl (C=O) groups excluding carboxylic acids is 1. The number of hydrogen-bond acceptors (Lipinski definition) is 5. The third kappa shape index (κ3) is 4.22. The summed E-state index contributed by atoms with van der Waals surface area (Å²) >= 11 is 0. The average molecular weight is 319 g/mol. The predicted molar refractivity (Wildman–Crippen MR) is 82.5 cm³/mol. The fourth-order valence-electron chi connectivity index (χ4n) is 1.82. The number of carboxylic acid groups (broad SMARTS) is 1. The monoisotopic (exact) mass is 319 g/mol. The summed E-state index contributed by atoms with van der Waals surface area (Å²) in [5.41, 5.74) is 0.242. The Labute approximate surface area is 132 Å².